The first-order valence-electron chi connectivity index (χ1n) is 6.57. The summed E-state index contributed by atoms with van der Waals surface area (Å²) >= 11 is 0. The molecule has 17 heavy (non-hydrogen) atoms. The van der Waals surface area contributed by atoms with Crippen LogP contribution in [-0.4, -0.2) is 23.0 Å². The summed E-state index contributed by atoms with van der Waals surface area (Å²) < 4.78 is 0. The van der Waals surface area contributed by atoms with Crippen LogP contribution in [0.25, 0.3) is 0 Å². The number of hydrogen-bond donors (Lipinski definition) is 2. The molecule has 0 aromatic rings. The van der Waals surface area contributed by atoms with Crippen molar-refractivity contribution in [3.05, 3.63) is 0 Å². The van der Waals surface area contributed by atoms with Gasteiger partial charge in [-0.15, -0.1) is 0 Å². The molecule has 0 aromatic carbocycles. The Morgan fingerprint density at radius 3 is 2.59 bits per heavy atom. The number of aliphatic carboxylic acids is 1. The maximum atomic E-state index is 11.9. The van der Waals surface area contributed by atoms with Gasteiger partial charge in [0.1, 0.15) is 0 Å². The number of carboxylic acids is 1. The Balaban J connectivity index is 2.04. The van der Waals surface area contributed by atoms with E-state index in [-0.39, 0.29) is 29.7 Å². The third-order valence-electron chi connectivity index (χ3n) is 4.57. The molecule has 2 rings (SSSR count). The summed E-state index contributed by atoms with van der Waals surface area (Å²) in [5.41, 5.74) is 0. The summed E-state index contributed by atoms with van der Waals surface area (Å²) in [5.74, 6) is -0.456. The molecule has 0 aromatic heterocycles. The summed E-state index contributed by atoms with van der Waals surface area (Å²) in [5, 5.41) is 12.2. The van der Waals surface area contributed by atoms with Crippen LogP contribution in [0.5, 0.6) is 0 Å². The SMILES string of the molecule is CCC(C)C(=O)NC1C2CCC(C2)C1C(=O)O. The standard InChI is InChI=1S/C13H21NO3/c1-3-7(2)12(15)14-11-9-5-4-8(6-9)10(11)13(16)17/h7-11H,3-6H2,1-2H3,(H,14,15)(H,16,17). The molecular weight excluding hydrogens is 218 g/mol. The summed E-state index contributed by atoms with van der Waals surface area (Å²) in [7, 11) is 0. The summed E-state index contributed by atoms with van der Waals surface area (Å²) in [4.78, 5) is 23.1. The monoisotopic (exact) mass is 239 g/mol. The molecule has 0 radical (unpaired) electrons. The molecule has 2 N–H and O–H groups in total. The number of carboxylic acid groups (broad SMARTS) is 1. The van der Waals surface area contributed by atoms with Crippen LogP contribution in [0.1, 0.15) is 39.5 Å². The molecule has 2 aliphatic carbocycles. The van der Waals surface area contributed by atoms with Crippen LogP contribution in [0.15, 0.2) is 0 Å². The zero-order valence-electron chi connectivity index (χ0n) is 10.5. The smallest absolute Gasteiger partial charge is 0.308 e. The van der Waals surface area contributed by atoms with Gasteiger partial charge >= 0.3 is 5.97 Å². The minimum absolute atomic E-state index is 0.0105. The fraction of sp³-hybridized carbons (Fsp3) is 0.846. The summed E-state index contributed by atoms with van der Waals surface area (Å²) in [6, 6.07) is -0.132. The normalized spacial score (nSPS) is 36.8. The minimum atomic E-state index is -0.744. The number of amides is 1. The molecule has 96 valence electrons. The van der Waals surface area contributed by atoms with E-state index in [1.807, 2.05) is 13.8 Å². The van der Waals surface area contributed by atoms with E-state index in [0.717, 1.165) is 25.7 Å². The van der Waals surface area contributed by atoms with Gasteiger partial charge < -0.3 is 10.4 Å². The van der Waals surface area contributed by atoms with Gasteiger partial charge in [-0.3, -0.25) is 9.59 Å². The third-order valence-corrected chi connectivity index (χ3v) is 4.57. The lowest BCUT2D eigenvalue weighted by Crippen LogP contribution is -2.48. The molecule has 2 saturated carbocycles. The topological polar surface area (TPSA) is 66.4 Å². The molecule has 2 fully saturated rings. The van der Waals surface area contributed by atoms with Gasteiger partial charge in [-0.2, -0.15) is 0 Å². The molecule has 0 aliphatic heterocycles. The van der Waals surface area contributed by atoms with Crippen LogP contribution in [0.4, 0.5) is 0 Å². The number of fused-ring (bicyclic) bond motifs is 2. The molecule has 0 heterocycles. The number of rotatable bonds is 4. The Hall–Kier alpha value is -1.06. The third kappa shape index (κ3) is 2.17. The second-order valence-electron chi connectivity index (χ2n) is 5.54. The highest BCUT2D eigenvalue weighted by molar-refractivity contribution is 5.80. The maximum Gasteiger partial charge on any atom is 0.308 e. The van der Waals surface area contributed by atoms with Crippen LogP contribution in [0.3, 0.4) is 0 Å². The predicted molar refractivity (Wildman–Crippen MR) is 63.3 cm³/mol. The highest BCUT2D eigenvalue weighted by atomic mass is 16.4. The molecule has 1 amide bonds. The van der Waals surface area contributed by atoms with Gasteiger partial charge in [0.25, 0.3) is 0 Å². The van der Waals surface area contributed by atoms with E-state index in [2.05, 4.69) is 5.32 Å². The molecule has 5 unspecified atom stereocenters. The Kier molecular flexibility index (Phi) is 3.40. The summed E-state index contributed by atoms with van der Waals surface area (Å²) in [6.07, 6.45) is 3.85. The lowest BCUT2D eigenvalue weighted by molar-refractivity contribution is -0.144. The van der Waals surface area contributed by atoms with E-state index in [1.54, 1.807) is 0 Å². The van der Waals surface area contributed by atoms with Gasteiger partial charge in [-0.1, -0.05) is 13.8 Å². The average Bonchev–Trinajstić information content (AvgIpc) is 2.87. The Bertz CT molecular complexity index is 329. The molecule has 2 aliphatic rings. The van der Waals surface area contributed by atoms with Crippen LogP contribution < -0.4 is 5.32 Å². The summed E-state index contributed by atoms with van der Waals surface area (Å²) in [6.45, 7) is 3.86. The zero-order chi connectivity index (χ0) is 12.6. The van der Waals surface area contributed by atoms with Crippen molar-refractivity contribution in [3.8, 4) is 0 Å². The first-order valence-corrected chi connectivity index (χ1v) is 6.57. The van der Waals surface area contributed by atoms with Crippen molar-refractivity contribution < 1.29 is 14.7 Å². The Morgan fingerprint density at radius 2 is 2.00 bits per heavy atom. The predicted octanol–water partition coefficient (Wildman–Crippen LogP) is 1.65. The van der Waals surface area contributed by atoms with Gasteiger partial charge in [-0.25, -0.2) is 0 Å². The Morgan fingerprint density at radius 1 is 1.35 bits per heavy atom. The van der Waals surface area contributed by atoms with E-state index in [1.165, 1.54) is 0 Å². The molecule has 0 spiro atoms. The minimum Gasteiger partial charge on any atom is -0.481 e. The van der Waals surface area contributed by atoms with Gasteiger partial charge in [-0.05, 0) is 37.5 Å². The van der Waals surface area contributed by atoms with Gasteiger partial charge in [0, 0.05) is 12.0 Å². The first-order chi connectivity index (χ1) is 8.04. The Labute approximate surface area is 102 Å². The van der Waals surface area contributed by atoms with Gasteiger partial charge in [0.15, 0.2) is 0 Å². The molecular formula is C13H21NO3. The number of carbonyl (C=O) groups is 2. The maximum absolute atomic E-state index is 11.9. The fourth-order valence-electron chi connectivity index (χ4n) is 3.35. The van der Waals surface area contributed by atoms with Crippen LogP contribution >= 0.6 is 0 Å². The average molecular weight is 239 g/mol. The van der Waals surface area contributed by atoms with Gasteiger partial charge in [0.05, 0.1) is 5.92 Å². The van der Waals surface area contributed by atoms with Crippen molar-refractivity contribution in [2.75, 3.05) is 0 Å². The zero-order valence-corrected chi connectivity index (χ0v) is 10.5. The van der Waals surface area contributed by atoms with Crippen molar-refractivity contribution in [2.45, 2.75) is 45.6 Å². The van der Waals surface area contributed by atoms with E-state index in [4.69, 9.17) is 0 Å². The van der Waals surface area contributed by atoms with Crippen molar-refractivity contribution in [3.63, 3.8) is 0 Å². The van der Waals surface area contributed by atoms with E-state index >= 15 is 0 Å². The van der Waals surface area contributed by atoms with Gasteiger partial charge in [0.2, 0.25) is 5.91 Å². The fourth-order valence-corrected chi connectivity index (χ4v) is 3.35. The molecule has 5 atom stereocenters. The molecule has 4 nitrogen and oxygen atoms in total. The molecule has 4 heteroatoms. The molecule has 0 saturated heterocycles. The van der Waals surface area contributed by atoms with Crippen molar-refractivity contribution in [1.82, 2.24) is 5.32 Å². The second-order valence-corrected chi connectivity index (χ2v) is 5.54. The largest absolute Gasteiger partial charge is 0.481 e. The first kappa shape index (κ1) is 12.4. The number of carbonyl (C=O) groups excluding carboxylic acids is 1. The molecule has 2 bridgehead atoms. The van der Waals surface area contributed by atoms with Crippen LogP contribution in [0.2, 0.25) is 0 Å². The van der Waals surface area contributed by atoms with Crippen molar-refractivity contribution in [2.24, 2.45) is 23.7 Å². The highest BCUT2D eigenvalue weighted by Crippen LogP contribution is 2.48. The van der Waals surface area contributed by atoms with Crippen molar-refractivity contribution in [1.29, 1.82) is 0 Å². The van der Waals surface area contributed by atoms with Crippen LogP contribution in [-0.2, 0) is 9.59 Å². The van der Waals surface area contributed by atoms with E-state index < -0.39 is 5.97 Å². The van der Waals surface area contributed by atoms with E-state index in [0.29, 0.717) is 5.92 Å². The lowest BCUT2D eigenvalue weighted by atomic mass is 9.84. The highest BCUT2D eigenvalue weighted by Gasteiger charge is 2.51. The second kappa shape index (κ2) is 4.67. The number of hydrogen-bond acceptors (Lipinski definition) is 2. The van der Waals surface area contributed by atoms with Crippen LogP contribution in [0, 0.1) is 23.7 Å². The van der Waals surface area contributed by atoms with E-state index in [9.17, 15) is 14.7 Å². The number of nitrogens with one attached hydrogen (secondary N) is 1. The quantitative estimate of drug-likeness (QED) is 0.784. The van der Waals surface area contributed by atoms with Crippen molar-refractivity contribution >= 4 is 11.9 Å². The lowest BCUT2D eigenvalue weighted by Gasteiger charge is -2.29.